The van der Waals surface area contributed by atoms with Gasteiger partial charge in [0.05, 0.1) is 42.7 Å². The summed E-state index contributed by atoms with van der Waals surface area (Å²) in [5.74, 6) is 1.17. The smallest absolute Gasteiger partial charge is 0.319 e. The fourth-order valence-electron chi connectivity index (χ4n) is 4.62. The molecule has 2 aliphatic carbocycles. The van der Waals surface area contributed by atoms with E-state index in [0.29, 0.717) is 55.6 Å². The molecule has 0 bridgehead atoms. The van der Waals surface area contributed by atoms with Gasteiger partial charge in [0.2, 0.25) is 0 Å². The van der Waals surface area contributed by atoms with Gasteiger partial charge < -0.3 is 20.3 Å². The molecule has 2 saturated carbocycles. The van der Waals surface area contributed by atoms with Crippen LogP contribution >= 0.6 is 0 Å². The van der Waals surface area contributed by atoms with Crippen molar-refractivity contribution in [3.8, 4) is 17.5 Å². The normalized spacial score (nSPS) is 20.9. The van der Waals surface area contributed by atoms with Crippen LogP contribution in [0.1, 0.15) is 44.7 Å². The van der Waals surface area contributed by atoms with Crippen molar-refractivity contribution in [1.82, 2.24) is 15.3 Å². The first-order valence-electron chi connectivity index (χ1n) is 12.3. The number of sulfone groups is 1. The standard InChI is InChI=1S/C25H30N6O4S/c1-17-16-35-14-13-31(17)22-15-21(25(9-10-25)36(33,34)20-7-8-20)29-23(30-22)18-3-5-19(6-4-18)28-24(32)27-12-2-11-26/h3-6,15,17,20H,2,7-10,12-14,16H2,1H3,(H2,27,28,32)/t17-/m0/s1. The van der Waals surface area contributed by atoms with Crippen LogP contribution in [-0.4, -0.2) is 62.0 Å². The Morgan fingerprint density at radius 3 is 2.64 bits per heavy atom. The Morgan fingerprint density at radius 2 is 2.00 bits per heavy atom. The minimum absolute atomic E-state index is 0.107. The number of carbonyl (C=O) groups excluding carboxylic acids is 1. The molecule has 2 aromatic rings. The van der Waals surface area contributed by atoms with Gasteiger partial charge in [0.15, 0.2) is 15.7 Å². The molecule has 0 radical (unpaired) electrons. The predicted molar refractivity (Wildman–Crippen MR) is 135 cm³/mol. The molecule has 3 aliphatic rings. The Morgan fingerprint density at radius 1 is 1.25 bits per heavy atom. The van der Waals surface area contributed by atoms with Crippen LogP contribution in [0.5, 0.6) is 0 Å². The van der Waals surface area contributed by atoms with Gasteiger partial charge in [-0.15, -0.1) is 0 Å². The third-order valence-electron chi connectivity index (χ3n) is 6.98. The summed E-state index contributed by atoms with van der Waals surface area (Å²) in [6, 6.07) is 10.7. The number of aromatic nitrogens is 2. The topological polar surface area (TPSA) is 137 Å². The molecule has 5 rings (SSSR count). The third kappa shape index (κ3) is 4.75. The summed E-state index contributed by atoms with van der Waals surface area (Å²) in [6.07, 6.45) is 2.87. The molecule has 11 heteroatoms. The fraction of sp³-hybridized carbons (Fsp3) is 0.520. The van der Waals surface area contributed by atoms with E-state index in [2.05, 4.69) is 22.5 Å². The summed E-state index contributed by atoms with van der Waals surface area (Å²) < 4.78 is 31.4. The first-order valence-corrected chi connectivity index (χ1v) is 13.9. The zero-order valence-corrected chi connectivity index (χ0v) is 21.1. The number of urea groups is 1. The number of morpholine rings is 1. The number of amides is 2. The SMILES string of the molecule is C[C@H]1COCCN1c1cc(C2(S(=O)(=O)C3CC3)CC2)nc(-c2ccc(NC(=O)NCCC#N)cc2)n1. The second kappa shape index (κ2) is 9.67. The Bertz CT molecular complexity index is 1280. The van der Waals surface area contributed by atoms with E-state index in [1.54, 1.807) is 12.1 Å². The number of nitrogens with one attached hydrogen (secondary N) is 2. The molecule has 2 N–H and O–H groups in total. The van der Waals surface area contributed by atoms with E-state index in [1.165, 1.54) is 0 Å². The molecule has 1 aromatic carbocycles. The lowest BCUT2D eigenvalue weighted by Crippen LogP contribution is -2.44. The number of hydrogen-bond donors (Lipinski definition) is 2. The number of carbonyl (C=O) groups is 1. The average molecular weight is 511 g/mol. The van der Waals surface area contributed by atoms with Crippen LogP contribution in [0.15, 0.2) is 30.3 Å². The van der Waals surface area contributed by atoms with E-state index in [4.69, 9.17) is 20.0 Å². The van der Waals surface area contributed by atoms with Crippen LogP contribution in [0.3, 0.4) is 0 Å². The van der Waals surface area contributed by atoms with Crippen molar-refractivity contribution in [1.29, 1.82) is 5.26 Å². The van der Waals surface area contributed by atoms with Gasteiger partial charge in [0, 0.05) is 30.4 Å². The lowest BCUT2D eigenvalue weighted by Gasteiger charge is -2.34. The molecule has 0 spiro atoms. The van der Waals surface area contributed by atoms with Crippen molar-refractivity contribution < 1.29 is 17.9 Å². The van der Waals surface area contributed by atoms with Gasteiger partial charge in [-0.05, 0) is 56.9 Å². The lowest BCUT2D eigenvalue weighted by atomic mass is 10.1. The average Bonchev–Trinajstić information content (AvgIpc) is 3.78. The van der Waals surface area contributed by atoms with E-state index in [0.717, 1.165) is 18.4 Å². The minimum Gasteiger partial charge on any atom is -0.377 e. The molecule has 1 aliphatic heterocycles. The largest absolute Gasteiger partial charge is 0.377 e. The van der Waals surface area contributed by atoms with E-state index in [1.807, 2.05) is 24.3 Å². The number of nitrogens with zero attached hydrogens (tertiary/aromatic N) is 4. The highest BCUT2D eigenvalue weighted by atomic mass is 32.2. The Kier molecular flexibility index (Phi) is 6.57. The van der Waals surface area contributed by atoms with Crippen LogP contribution in [0.4, 0.5) is 16.3 Å². The van der Waals surface area contributed by atoms with Gasteiger partial charge in [0.1, 0.15) is 10.6 Å². The van der Waals surface area contributed by atoms with E-state index in [9.17, 15) is 13.2 Å². The van der Waals surface area contributed by atoms with E-state index < -0.39 is 14.6 Å². The Hall–Kier alpha value is -3.23. The van der Waals surface area contributed by atoms with Gasteiger partial charge in [-0.1, -0.05) is 0 Å². The summed E-state index contributed by atoms with van der Waals surface area (Å²) >= 11 is 0. The fourth-order valence-corrected chi connectivity index (χ4v) is 7.08. The quantitative estimate of drug-likeness (QED) is 0.517. The van der Waals surface area contributed by atoms with Gasteiger partial charge in [-0.3, -0.25) is 0 Å². The molecule has 1 aromatic heterocycles. The summed E-state index contributed by atoms with van der Waals surface area (Å²) in [5.41, 5.74) is 1.89. The molecular weight excluding hydrogens is 480 g/mol. The Labute approximate surface area is 211 Å². The van der Waals surface area contributed by atoms with Gasteiger partial charge in [0.25, 0.3) is 0 Å². The molecule has 1 saturated heterocycles. The van der Waals surface area contributed by atoms with Gasteiger partial charge >= 0.3 is 6.03 Å². The number of hydrogen-bond acceptors (Lipinski definition) is 8. The van der Waals surface area contributed by atoms with Crippen molar-refractivity contribution in [3.63, 3.8) is 0 Å². The van der Waals surface area contributed by atoms with Crippen LogP contribution in [0.25, 0.3) is 11.4 Å². The van der Waals surface area contributed by atoms with Crippen LogP contribution in [0, 0.1) is 11.3 Å². The van der Waals surface area contributed by atoms with E-state index >= 15 is 0 Å². The summed E-state index contributed by atoms with van der Waals surface area (Å²) in [6.45, 7) is 4.17. The molecule has 36 heavy (non-hydrogen) atoms. The van der Waals surface area contributed by atoms with Crippen molar-refractivity contribution in [3.05, 3.63) is 36.0 Å². The highest BCUT2D eigenvalue weighted by molar-refractivity contribution is 7.93. The number of anilines is 2. The number of nitriles is 1. The van der Waals surface area contributed by atoms with Crippen LogP contribution in [0.2, 0.25) is 0 Å². The molecule has 1 atom stereocenters. The molecule has 10 nitrogen and oxygen atoms in total. The van der Waals surface area contributed by atoms with Gasteiger partial charge in [-0.2, -0.15) is 5.26 Å². The molecule has 190 valence electrons. The molecular formula is C25H30N6O4S. The maximum absolute atomic E-state index is 13.4. The highest BCUT2D eigenvalue weighted by Gasteiger charge is 2.61. The summed E-state index contributed by atoms with van der Waals surface area (Å²) in [4.78, 5) is 23.8. The van der Waals surface area contributed by atoms with Crippen molar-refractivity contribution >= 4 is 27.4 Å². The molecule has 0 unspecified atom stereocenters. The number of rotatable bonds is 8. The molecule has 3 fully saturated rings. The van der Waals surface area contributed by atoms with Crippen molar-refractivity contribution in [2.45, 2.75) is 55.1 Å². The monoisotopic (exact) mass is 510 g/mol. The highest BCUT2D eigenvalue weighted by Crippen LogP contribution is 2.57. The zero-order chi connectivity index (χ0) is 25.3. The first kappa shape index (κ1) is 24.5. The second-order valence-corrected chi connectivity index (χ2v) is 12.2. The van der Waals surface area contributed by atoms with Crippen LogP contribution in [-0.2, 0) is 19.3 Å². The first-order chi connectivity index (χ1) is 17.3. The van der Waals surface area contributed by atoms with Gasteiger partial charge in [-0.25, -0.2) is 23.2 Å². The minimum atomic E-state index is -3.31. The maximum Gasteiger partial charge on any atom is 0.319 e. The molecule has 2 heterocycles. The summed E-state index contributed by atoms with van der Waals surface area (Å²) in [7, 11) is -3.31. The zero-order valence-electron chi connectivity index (χ0n) is 20.2. The van der Waals surface area contributed by atoms with Crippen LogP contribution < -0.4 is 15.5 Å². The predicted octanol–water partition coefficient (Wildman–Crippen LogP) is 2.97. The second-order valence-electron chi connectivity index (χ2n) is 9.66. The summed E-state index contributed by atoms with van der Waals surface area (Å²) in [5, 5.41) is 13.7. The Balaban J connectivity index is 1.46. The third-order valence-corrected chi connectivity index (χ3v) is 10.0. The van der Waals surface area contributed by atoms with E-state index in [-0.39, 0.29) is 30.3 Å². The van der Waals surface area contributed by atoms with Crippen molar-refractivity contribution in [2.75, 3.05) is 36.5 Å². The molecule has 2 amide bonds. The maximum atomic E-state index is 13.4. The van der Waals surface area contributed by atoms with Crippen molar-refractivity contribution in [2.24, 2.45) is 0 Å². The lowest BCUT2D eigenvalue weighted by molar-refractivity contribution is 0.0985. The number of benzene rings is 1. The number of ether oxygens (including phenoxy) is 1.